The van der Waals surface area contributed by atoms with E-state index in [1.807, 2.05) is 0 Å². The molecule has 0 fully saturated rings. The summed E-state index contributed by atoms with van der Waals surface area (Å²) in [6.07, 6.45) is 1.13. The first-order valence-corrected chi connectivity index (χ1v) is 10.5. The fourth-order valence-corrected chi connectivity index (χ4v) is 4.35. The number of hydroxylamine groups is 2. The predicted octanol–water partition coefficient (Wildman–Crippen LogP) is 4.09. The molecule has 0 saturated carbocycles. The van der Waals surface area contributed by atoms with Gasteiger partial charge in [-0.15, -0.1) is 11.3 Å². The zero-order chi connectivity index (χ0) is 19.8. The van der Waals surface area contributed by atoms with Crippen molar-refractivity contribution in [1.82, 2.24) is 5.06 Å². The Morgan fingerprint density at radius 2 is 1.59 bits per heavy atom. The van der Waals surface area contributed by atoms with Gasteiger partial charge in [0, 0.05) is 23.7 Å². The van der Waals surface area contributed by atoms with Crippen LogP contribution in [0, 0.1) is 5.82 Å². The molecule has 0 bridgehead atoms. The largest absolute Gasteiger partial charge is 0.287 e. The van der Waals surface area contributed by atoms with E-state index in [-0.39, 0.29) is 10.7 Å². The summed E-state index contributed by atoms with van der Waals surface area (Å²) in [5.74, 6) is -0.942. The van der Waals surface area contributed by atoms with E-state index < -0.39 is 15.7 Å². The molecule has 0 atom stereocenters. The van der Waals surface area contributed by atoms with Crippen molar-refractivity contribution in [3.63, 3.8) is 0 Å². The average Bonchev–Trinajstić information content (AvgIpc) is 3.06. The molecule has 5 nitrogen and oxygen atoms in total. The number of nitrogens with zero attached hydrogens (tertiary/aromatic N) is 1. The second-order valence-corrected chi connectivity index (χ2v) is 9.05. The van der Waals surface area contributed by atoms with E-state index in [1.54, 1.807) is 30.3 Å². The third-order valence-electron chi connectivity index (χ3n) is 3.94. The van der Waals surface area contributed by atoms with Crippen LogP contribution in [-0.2, 0) is 9.84 Å². The number of amides is 1. The summed E-state index contributed by atoms with van der Waals surface area (Å²) in [6.45, 7) is 0. The fourth-order valence-electron chi connectivity index (χ4n) is 2.57. The third-order valence-corrected chi connectivity index (χ3v) is 6.24. The monoisotopic (exact) mass is 405 g/mol. The van der Waals surface area contributed by atoms with E-state index >= 15 is 0 Å². The molecule has 0 spiro atoms. The quantitative estimate of drug-likeness (QED) is 0.524. The minimum Gasteiger partial charge on any atom is -0.286 e. The maximum Gasteiger partial charge on any atom is 0.287 e. The van der Waals surface area contributed by atoms with Crippen LogP contribution in [0.4, 0.5) is 4.39 Å². The lowest BCUT2D eigenvalue weighted by atomic mass is 10.0. The van der Waals surface area contributed by atoms with E-state index in [0.717, 1.165) is 6.26 Å². The van der Waals surface area contributed by atoms with Crippen LogP contribution in [0.15, 0.2) is 59.5 Å². The molecular formula is C19H16FNO4S2. The Bertz CT molecular complexity index is 1090. The van der Waals surface area contributed by atoms with E-state index in [1.165, 1.54) is 42.6 Å². The molecule has 2 aromatic carbocycles. The predicted molar refractivity (Wildman–Crippen MR) is 102 cm³/mol. The second-order valence-electron chi connectivity index (χ2n) is 5.99. The van der Waals surface area contributed by atoms with E-state index in [4.69, 9.17) is 0 Å². The van der Waals surface area contributed by atoms with Crippen molar-refractivity contribution >= 4 is 27.1 Å². The highest BCUT2D eigenvalue weighted by Gasteiger charge is 2.19. The van der Waals surface area contributed by atoms with E-state index in [0.29, 0.717) is 31.5 Å². The molecule has 0 saturated heterocycles. The highest BCUT2D eigenvalue weighted by atomic mass is 32.2. The second kappa shape index (κ2) is 7.22. The van der Waals surface area contributed by atoms with Crippen molar-refractivity contribution in [3.8, 4) is 21.6 Å². The lowest BCUT2D eigenvalue weighted by Crippen LogP contribution is -2.21. The number of thiophene rings is 1. The van der Waals surface area contributed by atoms with Gasteiger partial charge in [0.05, 0.1) is 9.77 Å². The Hall–Kier alpha value is -2.55. The first-order chi connectivity index (χ1) is 12.7. The number of hydrogen-bond donors (Lipinski definition) is 1. The number of rotatable bonds is 4. The molecule has 1 N–H and O–H groups in total. The van der Waals surface area contributed by atoms with Crippen LogP contribution in [0.25, 0.3) is 21.6 Å². The van der Waals surface area contributed by atoms with Gasteiger partial charge in [-0.05, 0) is 41.5 Å². The average molecular weight is 405 g/mol. The minimum atomic E-state index is -3.32. The standard InChI is InChI=1S/C19H16FNO4S2/c1-21(23)19(22)17-11-16(12-5-9-15(10-6-12)27(2,24)25)18(26-17)13-3-7-14(20)8-4-13/h3-11,23H,1-2H3. The van der Waals surface area contributed by atoms with Gasteiger partial charge in [0.25, 0.3) is 5.91 Å². The fraction of sp³-hybridized carbons (Fsp3) is 0.105. The lowest BCUT2D eigenvalue weighted by molar-refractivity contribution is -0.0370. The molecule has 0 aliphatic rings. The lowest BCUT2D eigenvalue weighted by Gasteiger charge is -2.06. The topological polar surface area (TPSA) is 74.7 Å². The number of halogens is 1. The summed E-state index contributed by atoms with van der Waals surface area (Å²) in [5.41, 5.74) is 2.11. The molecule has 27 heavy (non-hydrogen) atoms. The van der Waals surface area contributed by atoms with Gasteiger partial charge < -0.3 is 0 Å². The smallest absolute Gasteiger partial charge is 0.286 e. The Morgan fingerprint density at radius 1 is 1.04 bits per heavy atom. The van der Waals surface area contributed by atoms with Gasteiger partial charge in [-0.1, -0.05) is 24.3 Å². The molecule has 1 aromatic heterocycles. The van der Waals surface area contributed by atoms with Gasteiger partial charge in [0.15, 0.2) is 9.84 Å². The maximum absolute atomic E-state index is 13.3. The van der Waals surface area contributed by atoms with Crippen molar-refractivity contribution in [2.75, 3.05) is 13.3 Å². The SMILES string of the molecule is CN(O)C(=O)c1cc(-c2ccc(S(C)(=O)=O)cc2)c(-c2ccc(F)cc2)s1. The van der Waals surface area contributed by atoms with Gasteiger partial charge in [0.2, 0.25) is 0 Å². The van der Waals surface area contributed by atoms with Crippen LogP contribution in [-0.4, -0.2) is 37.9 Å². The Kier molecular flexibility index (Phi) is 5.14. The Balaban J connectivity index is 2.15. The van der Waals surface area contributed by atoms with E-state index in [9.17, 15) is 22.8 Å². The van der Waals surface area contributed by atoms with Crippen molar-refractivity contribution < 1.29 is 22.8 Å². The summed E-state index contributed by atoms with van der Waals surface area (Å²) in [5, 5.41) is 9.95. The van der Waals surface area contributed by atoms with Gasteiger partial charge in [-0.2, -0.15) is 0 Å². The van der Waals surface area contributed by atoms with Crippen LogP contribution >= 0.6 is 11.3 Å². The molecule has 0 unspecified atom stereocenters. The summed E-state index contributed by atoms with van der Waals surface area (Å²) >= 11 is 1.17. The minimum absolute atomic E-state index is 0.191. The first kappa shape index (κ1) is 19.2. The Labute approximate surface area is 160 Å². The molecule has 0 radical (unpaired) electrons. The summed E-state index contributed by atoms with van der Waals surface area (Å²) in [7, 11) is -2.08. The molecule has 1 amide bonds. The molecule has 140 valence electrons. The summed E-state index contributed by atoms with van der Waals surface area (Å²) in [4.78, 5) is 13.4. The number of carbonyl (C=O) groups excluding carboxylic acids is 1. The van der Waals surface area contributed by atoms with Crippen LogP contribution < -0.4 is 0 Å². The van der Waals surface area contributed by atoms with Crippen molar-refractivity contribution in [2.45, 2.75) is 4.90 Å². The van der Waals surface area contributed by atoms with Crippen LogP contribution in [0.2, 0.25) is 0 Å². The molecule has 3 rings (SSSR count). The molecule has 0 aliphatic heterocycles. The molecule has 3 aromatic rings. The van der Waals surface area contributed by atoms with Crippen LogP contribution in [0.5, 0.6) is 0 Å². The first-order valence-electron chi connectivity index (χ1n) is 7.84. The van der Waals surface area contributed by atoms with Gasteiger partial charge >= 0.3 is 0 Å². The van der Waals surface area contributed by atoms with Crippen molar-refractivity contribution in [3.05, 3.63) is 65.3 Å². The number of hydrogen-bond acceptors (Lipinski definition) is 5. The molecular weight excluding hydrogens is 389 g/mol. The van der Waals surface area contributed by atoms with Gasteiger partial charge in [-0.3, -0.25) is 10.0 Å². The van der Waals surface area contributed by atoms with Crippen molar-refractivity contribution in [1.29, 1.82) is 0 Å². The molecule has 0 aliphatic carbocycles. The normalized spacial score (nSPS) is 11.4. The highest BCUT2D eigenvalue weighted by Crippen LogP contribution is 2.40. The molecule has 1 heterocycles. The summed E-state index contributed by atoms with van der Waals surface area (Å²) in [6, 6.07) is 13.8. The highest BCUT2D eigenvalue weighted by molar-refractivity contribution is 7.90. The molecule has 8 heteroatoms. The zero-order valence-corrected chi connectivity index (χ0v) is 16.1. The maximum atomic E-state index is 13.3. The number of benzene rings is 2. The summed E-state index contributed by atoms with van der Waals surface area (Å²) < 4.78 is 36.6. The van der Waals surface area contributed by atoms with Crippen LogP contribution in [0.1, 0.15) is 9.67 Å². The van der Waals surface area contributed by atoms with Crippen molar-refractivity contribution in [2.24, 2.45) is 0 Å². The van der Waals surface area contributed by atoms with Gasteiger partial charge in [0.1, 0.15) is 5.82 Å². The zero-order valence-electron chi connectivity index (χ0n) is 14.5. The number of sulfone groups is 1. The van der Waals surface area contributed by atoms with Crippen LogP contribution in [0.3, 0.4) is 0 Å². The van der Waals surface area contributed by atoms with Gasteiger partial charge in [-0.25, -0.2) is 17.9 Å². The Morgan fingerprint density at radius 3 is 2.11 bits per heavy atom. The number of carbonyl (C=O) groups is 1. The van der Waals surface area contributed by atoms with E-state index in [2.05, 4.69) is 0 Å². The third kappa shape index (κ3) is 4.08.